The van der Waals surface area contributed by atoms with E-state index in [1.54, 1.807) is 6.92 Å². The Hall–Kier alpha value is -3.43. The highest BCUT2D eigenvalue weighted by atomic mass is 35.5. The smallest absolute Gasteiger partial charge is 0.277 e. The first-order valence-corrected chi connectivity index (χ1v) is 8.42. The molecule has 0 aliphatic carbocycles. The lowest BCUT2D eigenvalue weighted by atomic mass is 9.91. The van der Waals surface area contributed by atoms with E-state index in [0.717, 1.165) is 11.1 Å². The highest BCUT2D eigenvalue weighted by Gasteiger charge is 2.24. The number of nitro groups is 1. The summed E-state index contributed by atoms with van der Waals surface area (Å²) in [5.74, 6) is 0.0166. The van der Waals surface area contributed by atoms with Gasteiger partial charge in [0.25, 0.3) is 5.69 Å². The molecule has 2 aromatic carbocycles. The van der Waals surface area contributed by atoms with E-state index in [1.165, 1.54) is 18.2 Å². The number of halogens is 1. The van der Waals surface area contributed by atoms with Crippen LogP contribution in [0.5, 0.6) is 0 Å². The molecule has 134 valence electrons. The molecule has 0 bridgehead atoms. The Morgan fingerprint density at radius 2 is 1.85 bits per heavy atom. The van der Waals surface area contributed by atoms with Crippen LogP contribution < -0.4 is 5.73 Å². The molecule has 0 amide bonds. The molecule has 6 nitrogen and oxygen atoms in total. The zero-order valence-electron chi connectivity index (χ0n) is 14.7. The molecular weight excluding hydrogens is 364 g/mol. The van der Waals surface area contributed by atoms with Crippen molar-refractivity contribution in [3.8, 4) is 28.5 Å². The number of anilines is 1. The van der Waals surface area contributed by atoms with Crippen LogP contribution in [-0.2, 0) is 0 Å². The van der Waals surface area contributed by atoms with Crippen LogP contribution in [0.1, 0.15) is 16.7 Å². The minimum Gasteiger partial charge on any atom is -0.383 e. The van der Waals surface area contributed by atoms with Crippen molar-refractivity contribution in [1.82, 2.24) is 4.98 Å². The molecular formula is C20H15ClN4O2. The number of nitrogens with two attached hydrogens (primary N) is 1. The minimum atomic E-state index is -0.506. The number of hydrogen-bond acceptors (Lipinski definition) is 5. The molecule has 0 saturated heterocycles. The van der Waals surface area contributed by atoms with Crippen LogP contribution in [-0.4, -0.2) is 9.91 Å². The van der Waals surface area contributed by atoms with Gasteiger partial charge < -0.3 is 5.73 Å². The molecule has 7 heteroatoms. The Kier molecular flexibility index (Phi) is 4.80. The van der Waals surface area contributed by atoms with Crippen molar-refractivity contribution in [2.24, 2.45) is 0 Å². The Labute approximate surface area is 161 Å². The van der Waals surface area contributed by atoms with Crippen LogP contribution in [0.3, 0.4) is 0 Å². The normalized spacial score (nSPS) is 10.4. The van der Waals surface area contributed by atoms with E-state index in [4.69, 9.17) is 17.3 Å². The standard InChI is InChI=1S/C20H15ClN4O2/c1-11-3-5-13(6-4-11)19-12(2)18(16(10-22)20(23)24-19)15-9-14(21)7-8-17(15)25(26)27/h3-9H,1-2H3,(H2,23,24). The van der Waals surface area contributed by atoms with E-state index in [1.807, 2.05) is 37.3 Å². The average molecular weight is 379 g/mol. The van der Waals surface area contributed by atoms with Gasteiger partial charge in [-0.1, -0.05) is 41.4 Å². The fourth-order valence-electron chi connectivity index (χ4n) is 3.00. The van der Waals surface area contributed by atoms with Gasteiger partial charge in [-0.25, -0.2) is 4.98 Å². The van der Waals surface area contributed by atoms with Gasteiger partial charge in [0, 0.05) is 22.2 Å². The molecule has 3 aromatic rings. The molecule has 0 aliphatic heterocycles. The van der Waals surface area contributed by atoms with Crippen molar-refractivity contribution < 1.29 is 4.92 Å². The predicted molar refractivity (Wildman–Crippen MR) is 105 cm³/mol. The lowest BCUT2D eigenvalue weighted by Crippen LogP contribution is -2.04. The van der Waals surface area contributed by atoms with Gasteiger partial charge in [-0.3, -0.25) is 10.1 Å². The first-order valence-electron chi connectivity index (χ1n) is 8.05. The number of pyridine rings is 1. The molecule has 1 heterocycles. The maximum Gasteiger partial charge on any atom is 0.277 e. The lowest BCUT2D eigenvalue weighted by molar-refractivity contribution is -0.384. The van der Waals surface area contributed by atoms with E-state index < -0.39 is 4.92 Å². The second-order valence-corrected chi connectivity index (χ2v) is 6.55. The average Bonchev–Trinajstić information content (AvgIpc) is 2.63. The van der Waals surface area contributed by atoms with E-state index in [-0.39, 0.29) is 22.6 Å². The van der Waals surface area contributed by atoms with Gasteiger partial charge in [-0.15, -0.1) is 0 Å². The number of aryl methyl sites for hydroxylation is 1. The fraction of sp³-hybridized carbons (Fsp3) is 0.100. The van der Waals surface area contributed by atoms with Crippen molar-refractivity contribution in [1.29, 1.82) is 5.26 Å². The third-order valence-corrected chi connectivity index (χ3v) is 4.57. The lowest BCUT2D eigenvalue weighted by Gasteiger charge is -2.15. The maximum absolute atomic E-state index is 11.5. The SMILES string of the molecule is Cc1ccc(-c2nc(N)c(C#N)c(-c3cc(Cl)ccc3[N+](=O)[O-])c2C)cc1. The summed E-state index contributed by atoms with van der Waals surface area (Å²) in [5.41, 5.74) is 9.66. The summed E-state index contributed by atoms with van der Waals surface area (Å²) >= 11 is 6.08. The van der Waals surface area contributed by atoms with E-state index >= 15 is 0 Å². The highest BCUT2D eigenvalue weighted by Crippen LogP contribution is 2.40. The molecule has 3 rings (SSSR count). The quantitative estimate of drug-likeness (QED) is 0.507. The van der Waals surface area contributed by atoms with Gasteiger partial charge in [0.15, 0.2) is 0 Å². The number of nitriles is 1. The largest absolute Gasteiger partial charge is 0.383 e. The highest BCUT2D eigenvalue weighted by molar-refractivity contribution is 6.31. The molecule has 0 fully saturated rings. The Bertz CT molecular complexity index is 1100. The van der Waals surface area contributed by atoms with Gasteiger partial charge in [0.1, 0.15) is 17.5 Å². The summed E-state index contributed by atoms with van der Waals surface area (Å²) in [6, 6.07) is 13.9. The molecule has 0 saturated carbocycles. The summed E-state index contributed by atoms with van der Waals surface area (Å²) in [7, 11) is 0. The third kappa shape index (κ3) is 3.33. The zero-order valence-corrected chi connectivity index (χ0v) is 15.4. The second kappa shape index (κ2) is 7.06. The first-order chi connectivity index (χ1) is 12.8. The van der Waals surface area contributed by atoms with Crippen LogP contribution in [0.4, 0.5) is 11.5 Å². The molecule has 0 radical (unpaired) electrons. The molecule has 1 aromatic heterocycles. The Morgan fingerprint density at radius 1 is 1.19 bits per heavy atom. The zero-order chi connectivity index (χ0) is 19.7. The van der Waals surface area contributed by atoms with Crippen molar-refractivity contribution in [2.45, 2.75) is 13.8 Å². The van der Waals surface area contributed by atoms with Gasteiger partial charge in [-0.2, -0.15) is 5.26 Å². The monoisotopic (exact) mass is 378 g/mol. The van der Waals surface area contributed by atoms with Crippen molar-refractivity contribution >= 4 is 23.1 Å². The summed E-state index contributed by atoms with van der Waals surface area (Å²) < 4.78 is 0. The molecule has 0 aliphatic rings. The number of hydrogen-bond donors (Lipinski definition) is 1. The van der Waals surface area contributed by atoms with Crippen LogP contribution in [0.2, 0.25) is 5.02 Å². The number of rotatable bonds is 3. The van der Waals surface area contributed by atoms with Gasteiger partial charge >= 0.3 is 0 Å². The van der Waals surface area contributed by atoms with Crippen molar-refractivity contribution in [3.63, 3.8) is 0 Å². The molecule has 0 atom stereocenters. The van der Waals surface area contributed by atoms with Crippen molar-refractivity contribution in [2.75, 3.05) is 5.73 Å². The number of aromatic nitrogens is 1. The van der Waals surface area contributed by atoms with Crippen molar-refractivity contribution in [3.05, 3.63) is 74.3 Å². The Morgan fingerprint density at radius 3 is 2.44 bits per heavy atom. The van der Waals surface area contributed by atoms with Crippen LogP contribution in [0.15, 0.2) is 42.5 Å². The van der Waals surface area contributed by atoms with Crippen LogP contribution in [0.25, 0.3) is 22.4 Å². The van der Waals surface area contributed by atoms with E-state index in [9.17, 15) is 15.4 Å². The number of benzene rings is 2. The maximum atomic E-state index is 11.5. The van der Waals surface area contributed by atoms with Gasteiger partial charge in [0.2, 0.25) is 0 Å². The Balaban J connectivity index is 2.40. The number of nitrogens with zero attached hydrogens (tertiary/aromatic N) is 3. The molecule has 27 heavy (non-hydrogen) atoms. The topological polar surface area (TPSA) is 106 Å². The van der Waals surface area contributed by atoms with Crippen LogP contribution in [0, 0.1) is 35.3 Å². The minimum absolute atomic E-state index is 0.0166. The number of nitrogen functional groups attached to an aromatic ring is 1. The predicted octanol–water partition coefficient (Wildman–Crippen LogP) is 5.05. The van der Waals surface area contributed by atoms with E-state index in [2.05, 4.69) is 4.98 Å². The molecule has 2 N–H and O–H groups in total. The number of nitro benzene ring substituents is 1. The second-order valence-electron chi connectivity index (χ2n) is 6.12. The van der Waals surface area contributed by atoms with E-state index in [0.29, 0.717) is 21.8 Å². The third-order valence-electron chi connectivity index (χ3n) is 4.33. The van der Waals surface area contributed by atoms with Gasteiger partial charge in [0.05, 0.1) is 16.2 Å². The van der Waals surface area contributed by atoms with Gasteiger partial charge in [-0.05, 0) is 31.5 Å². The summed E-state index contributed by atoms with van der Waals surface area (Å²) in [5, 5.41) is 21.5. The fourth-order valence-corrected chi connectivity index (χ4v) is 3.18. The summed E-state index contributed by atoms with van der Waals surface area (Å²) in [6.07, 6.45) is 0. The molecule has 0 spiro atoms. The first kappa shape index (κ1) is 18.4. The summed E-state index contributed by atoms with van der Waals surface area (Å²) in [4.78, 5) is 15.4. The van der Waals surface area contributed by atoms with Crippen LogP contribution >= 0.6 is 11.6 Å². The summed E-state index contributed by atoms with van der Waals surface area (Å²) in [6.45, 7) is 3.74. The molecule has 0 unspecified atom stereocenters.